The van der Waals surface area contributed by atoms with Crippen LogP contribution in [0, 0.1) is 0 Å². The van der Waals surface area contributed by atoms with Crippen molar-refractivity contribution in [3.05, 3.63) is 66.8 Å². The van der Waals surface area contributed by atoms with Crippen LogP contribution in [-0.2, 0) is 11.2 Å². The third-order valence-electron chi connectivity index (χ3n) is 4.46. The predicted octanol–water partition coefficient (Wildman–Crippen LogP) is 3.29. The molecule has 9 nitrogen and oxygen atoms in total. The summed E-state index contributed by atoms with van der Waals surface area (Å²) in [5, 5.41) is 14.7. The van der Waals surface area contributed by atoms with Crippen molar-refractivity contribution >= 4 is 11.6 Å². The molecule has 0 unspecified atom stereocenters. The van der Waals surface area contributed by atoms with Gasteiger partial charge in [0.2, 0.25) is 17.6 Å². The van der Waals surface area contributed by atoms with E-state index >= 15 is 0 Å². The van der Waals surface area contributed by atoms with E-state index in [1.165, 1.54) is 0 Å². The highest BCUT2D eigenvalue weighted by atomic mass is 16.5. The van der Waals surface area contributed by atoms with E-state index in [0.717, 1.165) is 17.0 Å². The molecule has 152 valence electrons. The second-order valence-electron chi connectivity index (χ2n) is 6.51. The second kappa shape index (κ2) is 8.99. The fraction of sp³-hybridized carbons (Fsp3) is 0.190. The Balaban J connectivity index is 1.31. The number of aromatic nitrogens is 5. The Bertz CT molecular complexity index is 1110. The van der Waals surface area contributed by atoms with Gasteiger partial charge in [-0.3, -0.25) is 4.79 Å². The normalized spacial score (nSPS) is 10.7. The first kappa shape index (κ1) is 19.3. The molecule has 2 heterocycles. The van der Waals surface area contributed by atoms with E-state index in [2.05, 4.69) is 25.8 Å². The van der Waals surface area contributed by atoms with E-state index in [4.69, 9.17) is 9.26 Å². The lowest BCUT2D eigenvalue weighted by molar-refractivity contribution is -0.116. The number of rotatable bonds is 8. The molecular formula is C21H20N6O3. The molecule has 0 fully saturated rings. The summed E-state index contributed by atoms with van der Waals surface area (Å²) < 4.78 is 12.1. The number of aryl methyl sites for hydroxylation is 1. The molecule has 0 bridgehead atoms. The van der Waals surface area contributed by atoms with Crippen molar-refractivity contribution in [1.82, 2.24) is 25.1 Å². The van der Waals surface area contributed by atoms with E-state index in [1.807, 2.05) is 48.5 Å². The highest BCUT2D eigenvalue weighted by molar-refractivity contribution is 5.92. The number of carbonyl (C=O) groups is 1. The van der Waals surface area contributed by atoms with Gasteiger partial charge in [0.15, 0.2) is 0 Å². The standard InChI is InChI=1S/C21H20N6O3/c1-29-16-11-9-15(10-12-16)21-24-20(30-25-21)8-4-7-19(28)23-17-5-2-3-6-18(17)27-14-13-22-26-27/h2-3,5-6,9-14H,4,7-8H2,1H3,(H,23,28). The Morgan fingerprint density at radius 3 is 2.77 bits per heavy atom. The first-order valence-corrected chi connectivity index (χ1v) is 9.45. The van der Waals surface area contributed by atoms with Crippen LogP contribution in [0.25, 0.3) is 17.1 Å². The fourth-order valence-corrected chi connectivity index (χ4v) is 2.94. The number of methoxy groups -OCH3 is 1. The van der Waals surface area contributed by atoms with Crippen LogP contribution >= 0.6 is 0 Å². The summed E-state index contributed by atoms with van der Waals surface area (Å²) >= 11 is 0. The minimum absolute atomic E-state index is 0.0996. The summed E-state index contributed by atoms with van der Waals surface area (Å²) in [6.07, 6.45) is 4.74. The van der Waals surface area contributed by atoms with Gasteiger partial charge in [0.25, 0.3) is 0 Å². The maximum atomic E-state index is 12.4. The Labute approximate surface area is 172 Å². The molecule has 0 spiro atoms. The quantitative estimate of drug-likeness (QED) is 0.480. The highest BCUT2D eigenvalue weighted by Gasteiger charge is 2.11. The van der Waals surface area contributed by atoms with Gasteiger partial charge in [0, 0.05) is 18.4 Å². The van der Waals surface area contributed by atoms with Crippen molar-refractivity contribution in [2.75, 3.05) is 12.4 Å². The summed E-state index contributed by atoms with van der Waals surface area (Å²) in [7, 11) is 1.62. The predicted molar refractivity (Wildman–Crippen MR) is 109 cm³/mol. The molecule has 0 radical (unpaired) electrons. The second-order valence-corrected chi connectivity index (χ2v) is 6.51. The summed E-state index contributed by atoms with van der Waals surface area (Å²) in [5.74, 6) is 1.67. The lowest BCUT2D eigenvalue weighted by Gasteiger charge is -2.10. The molecule has 0 atom stereocenters. The summed E-state index contributed by atoms with van der Waals surface area (Å²) in [4.78, 5) is 16.8. The van der Waals surface area contributed by atoms with Crippen LogP contribution in [0.3, 0.4) is 0 Å². The van der Waals surface area contributed by atoms with E-state index in [0.29, 0.717) is 36.7 Å². The molecule has 4 rings (SSSR count). The van der Waals surface area contributed by atoms with Crippen molar-refractivity contribution in [2.45, 2.75) is 19.3 Å². The van der Waals surface area contributed by atoms with E-state index < -0.39 is 0 Å². The average molecular weight is 404 g/mol. The number of anilines is 1. The van der Waals surface area contributed by atoms with Gasteiger partial charge in [-0.1, -0.05) is 22.5 Å². The SMILES string of the molecule is COc1ccc(-c2noc(CCCC(=O)Nc3ccccc3-n3ccnn3)n2)cc1. The van der Waals surface area contributed by atoms with Gasteiger partial charge in [0.05, 0.1) is 30.9 Å². The summed E-state index contributed by atoms with van der Waals surface area (Å²) in [5.41, 5.74) is 2.27. The van der Waals surface area contributed by atoms with Crippen molar-refractivity contribution in [3.8, 4) is 22.8 Å². The van der Waals surface area contributed by atoms with Crippen molar-refractivity contribution < 1.29 is 14.1 Å². The van der Waals surface area contributed by atoms with Gasteiger partial charge < -0.3 is 14.6 Å². The van der Waals surface area contributed by atoms with Gasteiger partial charge >= 0.3 is 0 Å². The molecule has 0 saturated heterocycles. The number of para-hydroxylation sites is 2. The van der Waals surface area contributed by atoms with Crippen LogP contribution < -0.4 is 10.1 Å². The average Bonchev–Trinajstić information content (AvgIpc) is 3.47. The Morgan fingerprint density at radius 1 is 1.17 bits per heavy atom. The lowest BCUT2D eigenvalue weighted by Crippen LogP contribution is -2.13. The van der Waals surface area contributed by atoms with Gasteiger partial charge in [-0.2, -0.15) is 4.98 Å². The van der Waals surface area contributed by atoms with Crippen LogP contribution in [0.4, 0.5) is 5.69 Å². The summed E-state index contributed by atoms with van der Waals surface area (Å²) in [6.45, 7) is 0. The fourth-order valence-electron chi connectivity index (χ4n) is 2.94. The van der Waals surface area contributed by atoms with Gasteiger partial charge in [-0.05, 0) is 42.8 Å². The monoisotopic (exact) mass is 404 g/mol. The number of ether oxygens (including phenoxy) is 1. The van der Waals surface area contributed by atoms with Crippen LogP contribution in [-0.4, -0.2) is 38.2 Å². The van der Waals surface area contributed by atoms with E-state index in [1.54, 1.807) is 24.2 Å². The Hall–Kier alpha value is -4.01. The lowest BCUT2D eigenvalue weighted by atomic mass is 10.2. The number of hydrogen-bond donors (Lipinski definition) is 1. The van der Waals surface area contributed by atoms with Crippen molar-refractivity contribution in [1.29, 1.82) is 0 Å². The molecular weight excluding hydrogens is 384 g/mol. The number of hydrogen-bond acceptors (Lipinski definition) is 7. The van der Waals surface area contributed by atoms with Crippen LogP contribution in [0.1, 0.15) is 18.7 Å². The zero-order chi connectivity index (χ0) is 20.8. The minimum atomic E-state index is -0.0996. The number of carbonyl (C=O) groups excluding carboxylic acids is 1. The molecule has 30 heavy (non-hydrogen) atoms. The molecule has 1 amide bonds. The maximum absolute atomic E-state index is 12.4. The molecule has 2 aromatic heterocycles. The number of amides is 1. The Morgan fingerprint density at radius 2 is 2.00 bits per heavy atom. The topological polar surface area (TPSA) is 108 Å². The number of nitrogens with zero attached hydrogens (tertiary/aromatic N) is 5. The van der Waals surface area contributed by atoms with E-state index in [-0.39, 0.29) is 5.91 Å². The molecule has 2 aromatic carbocycles. The molecule has 1 N–H and O–H groups in total. The van der Waals surface area contributed by atoms with Crippen LogP contribution in [0.2, 0.25) is 0 Å². The summed E-state index contributed by atoms with van der Waals surface area (Å²) in [6, 6.07) is 14.8. The van der Waals surface area contributed by atoms with Crippen LogP contribution in [0.5, 0.6) is 5.75 Å². The molecule has 9 heteroatoms. The van der Waals surface area contributed by atoms with Crippen molar-refractivity contribution in [3.63, 3.8) is 0 Å². The third kappa shape index (κ3) is 4.52. The molecule has 0 aliphatic carbocycles. The largest absolute Gasteiger partial charge is 0.497 e. The third-order valence-corrected chi connectivity index (χ3v) is 4.46. The molecule has 4 aromatic rings. The first-order chi connectivity index (χ1) is 14.7. The van der Waals surface area contributed by atoms with Crippen LogP contribution in [0.15, 0.2) is 65.4 Å². The number of nitrogens with one attached hydrogen (secondary N) is 1. The first-order valence-electron chi connectivity index (χ1n) is 9.45. The Kier molecular flexibility index (Phi) is 5.79. The smallest absolute Gasteiger partial charge is 0.226 e. The number of benzene rings is 2. The van der Waals surface area contributed by atoms with Crippen molar-refractivity contribution in [2.24, 2.45) is 0 Å². The maximum Gasteiger partial charge on any atom is 0.226 e. The van der Waals surface area contributed by atoms with Gasteiger partial charge in [-0.15, -0.1) is 5.10 Å². The van der Waals surface area contributed by atoms with E-state index in [9.17, 15) is 4.79 Å². The highest BCUT2D eigenvalue weighted by Crippen LogP contribution is 2.21. The molecule has 0 saturated carbocycles. The zero-order valence-corrected chi connectivity index (χ0v) is 16.4. The molecule has 0 aliphatic rings. The van der Waals surface area contributed by atoms with Gasteiger partial charge in [-0.25, -0.2) is 4.68 Å². The minimum Gasteiger partial charge on any atom is -0.497 e. The van der Waals surface area contributed by atoms with Gasteiger partial charge in [0.1, 0.15) is 5.75 Å². The molecule has 0 aliphatic heterocycles. The zero-order valence-electron chi connectivity index (χ0n) is 16.4.